The Bertz CT molecular complexity index is 522. The number of nitrogens with zero attached hydrogens (tertiary/aromatic N) is 2. The van der Waals surface area contributed by atoms with Gasteiger partial charge >= 0.3 is 0 Å². The maximum absolute atomic E-state index is 12.1. The Labute approximate surface area is 111 Å². The van der Waals surface area contributed by atoms with E-state index in [0.717, 1.165) is 16.8 Å². The second kappa shape index (κ2) is 5.89. The number of aryl methyl sites for hydroxylation is 1. The number of rotatable bonds is 5. The lowest BCUT2D eigenvalue weighted by molar-refractivity contribution is 0.0942. The fraction of sp³-hybridized carbons (Fsp3) is 0.286. The number of likely N-dealkylation sites (N-methyl/N-ethyl adjacent to an activating group) is 1. The molecule has 94 valence electrons. The predicted octanol–water partition coefficient (Wildman–Crippen LogP) is 2.77. The van der Waals surface area contributed by atoms with Gasteiger partial charge in [0.25, 0.3) is 0 Å². The second-order valence-corrected chi connectivity index (χ2v) is 5.16. The van der Waals surface area contributed by atoms with Gasteiger partial charge in [0.05, 0.1) is 17.7 Å². The van der Waals surface area contributed by atoms with Gasteiger partial charge in [-0.25, -0.2) is 4.98 Å². The first kappa shape index (κ1) is 12.9. The summed E-state index contributed by atoms with van der Waals surface area (Å²) in [4.78, 5) is 18.3. The van der Waals surface area contributed by atoms with Crippen LogP contribution in [0.2, 0.25) is 0 Å². The summed E-state index contributed by atoms with van der Waals surface area (Å²) in [7, 11) is 1.94. The number of thiazole rings is 1. The average molecular weight is 260 g/mol. The van der Waals surface area contributed by atoms with Gasteiger partial charge < -0.3 is 0 Å². The Morgan fingerprint density at radius 3 is 2.94 bits per heavy atom. The molecule has 0 spiro atoms. The highest BCUT2D eigenvalue weighted by molar-refractivity contribution is 7.07. The number of benzene rings is 1. The van der Waals surface area contributed by atoms with Crippen molar-refractivity contribution in [2.24, 2.45) is 0 Å². The molecule has 0 aliphatic carbocycles. The van der Waals surface area contributed by atoms with Gasteiger partial charge in [-0.2, -0.15) is 0 Å². The number of ketones is 1. The van der Waals surface area contributed by atoms with Gasteiger partial charge in [0.15, 0.2) is 5.78 Å². The number of carbonyl (C=O) groups excluding carboxylic acids is 1. The molecule has 0 saturated carbocycles. The Morgan fingerprint density at radius 1 is 1.44 bits per heavy atom. The summed E-state index contributed by atoms with van der Waals surface area (Å²) < 4.78 is 0. The first-order chi connectivity index (χ1) is 8.65. The molecule has 1 aromatic carbocycles. The molecule has 0 N–H and O–H groups in total. The molecular weight excluding hydrogens is 244 g/mol. The molecule has 0 fully saturated rings. The molecule has 0 saturated heterocycles. The average Bonchev–Trinajstić information content (AvgIpc) is 2.81. The second-order valence-electron chi connectivity index (χ2n) is 4.44. The quantitative estimate of drug-likeness (QED) is 0.775. The van der Waals surface area contributed by atoms with Gasteiger partial charge in [0.2, 0.25) is 0 Å². The maximum atomic E-state index is 12.1. The van der Waals surface area contributed by atoms with Crippen LogP contribution in [-0.4, -0.2) is 29.3 Å². The molecule has 0 aliphatic heterocycles. The molecule has 0 aliphatic rings. The van der Waals surface area contributed by atoms with Crippen LogP contribution >= 0.6 is 11.3 Å². The molecule has 1 aromatic heterocycles. The van der Waals surface area contributed by atoms with E-state index in [-0.39, 0.29) is 5.78 Å². The molecule has 0 atom stereocenters. The van der Waals surface area contributed by atoms with E-state index in [1.807, 2.05) is 54.0 Å². The summed E-state index contributed by atoms with van der Waals surface area (Å²) in [6, 6.07) is 7.71. The summed E-state index contributed by atoms with van der Waals surface area (Å²) in [6.45, 7) is 3.12. The van der Waals surface area contributed by atoms with Crippen LogP contribution in [0.5, 0.6) is 0 Å². The summed E-state index contributed by atoms with van der Waals surface area (Å²) in [5.41, 5.74) is 4.72. The van der Waals surface area contributed by atoms with Crippen molar-refractivity contribution in [2.75, 3.05) is 13.6 Å². The first-order valence-electron chi connectivity index (χ1n) is 5.80. The van der Waals surface area contributed by atoms with Crippen LogP contribution < -0.4 is 0 Å². The monoisotopic (exact) mass is 260 g/mol. The van der Waals surface area contributed by atoms with Crippen LogP contribution in [0, 0.1) is 6.92 Å². The molecule has 0 bridgehead atoms. The molecule has 0 unspecified atom stereocenters. The third-order valence-corrected chi connectivity index (χ3v) is 3.30. The third-order valence-electron chi connectivity index (χ3n) is 2.67. The smallest absolute Gasteiger partial charge is 0.176 e. The summed E-state index contributed by atoms with van der Waals surface area (Å²) in [6.07, 6.45) is 0. The van der Waals surface area contributed by atoms with E-state index in [1.54, 1.807) is 11.3 Å². The van der Waals surface area contributed by atoms with Crippen molar-refractivity contribution in [3.05, 3.63) is 52.0 Å². The van der Waals surface area contributed by atoms with E-state index in [0.29, 0.717) is 13.1 Å². The molecule has 0 amide bonds. The van der Waals surface area contributed by atoms with E-state index >= 15 is 0 Å². The Balaban J connectivity index is 1.95. The predicted molar refractivity (Wildman–Crippen MR) is 74.0 cm³/mol. The van der Waals surface area contributed by atoms with Crippen molar-refractivity contribution in [2.45, 2.75) is 13.5 Å². The number of Topliss-reactive ketones (excluding diaryl/α,β-unsaturated/α-hetero) is 1. The van der Waals surface area contributed by atoms with E-state index < -0.39 is 0 Å². The van der Waals surface area contributed by atoms with E-state index in [1.165, 1.54) is 0 Å². The molecule has 0 radical (unpaired) electrons. The highest BCUT2D eigenvalue weighted by Gasteiger charge is 2.10. The van der Waals surface area contributed by atoms with Crippen molar-refractivity contribution >= 4 is 17.1 Å². The fourth-order valence-electron chi connectivity index (χ4n) is 1.80. The molecule has 18 heavy (non-hydrogen) atoms. The van der Waals surface area contributed by atoms with E-state index in [9.17, 15) is 4.79 Å². The molecular formula is C14H16N2OS. The number of hydrogen-bond acceptors (Lipinski definition) is 4. The van der Waals surface area contributed by atoms with Crippen molar-refractivity contribution in [3.63, 3.8) is 0 Å². The third kappa shape index (κ3) is 3.48. The van der Waals surface area contributed by atoms with E-state index in [4.69, 9.17) is 0 Å². The minimum atomic E-state index is 0.149. The summed E-state index contributed by atoms with van der Waals surface area (Å²) >= 11 is 1.58. The standard InChI is InChI=1S/C14H16N2OS/c1-11-4-3-5-12(6-11)14(17)8-16(2)7-13-9-18-10-15-13/h3-6,9-10H,7-8H2,1-2H3. The van der Waals surface area contributed by atoms with Gasteiger partial charge in [-0.1, -0.05) is 23.8 Å². The number of hydrogen-bond donors (Lipinski definition) is 0. The topological polar surface area (TPSA) is 33.2 Å². The normalized spacial score (nSPS) is 10.8. The van der Waals surface area contributed by atoms with Crippen LogP contribution in [0.3, 0.4) is 0 Å². The molecule has 2 rings (SSSR count). The lowest BCUT2D eigenvalue weighted by Gasteiger charge is -2.14. The van der Waals surface area contributed by atoms with Crippen molar-refractivity contribution < 1.29 is 4.79 Å². The highest BCUT2D eigenvalue weighted by atomic mass is 32.1. The zero-order chi connectivity index (χ0) is 13.0. The number of carbonyl (C=O) groups is 1. The van der Waals surface area contributed by atoms with Gasteiger partial charge in [-0.05, 0) is 20.0 Å². The van der Waals surface area contributed by atoms with Gasteiger partial charge in [0.1, 0.15) is 0 Å². The van der Waals surface area contributed by atoms with Gasteiger partial charge in [-0.15, -0.1) is 11.3 Å². The van der Waals surface area contributed by atoms with Crippen LogP contribution in [0.1, 0.15) is 21.6 Å². The lowest BCUT2D eigenvalue weighted by Crippen LogP contribution is -2.25. The first-order valence-corrected chi connectivity index (χ1v) is 6.75. The largest absolute Gasteiger partial charge is 0.293 e. The van der Waals surface area contributed by atoms with Crippen molar-refractivity contribution in [1.29, 1.82) is 0 Å². The minimum absolute atomic E-state index is 0.149. The zero-order valence-corrected chi connectivity index (χ0v) is 11.4. The van der Waals surface area contributed by atoms with Gasteiger partial charge in [-0.3, -0.25) is 9.69 Å². The van der Waals surface area contributed by atoms with Crippen LogP contribution in [0.4, 0.5) is 0 Å². The SMILES string of the molecule is Cc1cccc(C(=O)CN(C)Cc2cscn2)c1. The van der Waals surface area contributed by atoms with Crippen LogP contribution in [0.15, 0.2) is 35.2 Å². The Kier molecular flexibility index (Phi) is 4.23. The fourth-order valence-corrected chi connectivity index (χ4v) is 2.35. The van der Waals surface area contributed by atoms with Crippen molar-refractivity contribution in [3.8, 4) is 0 Å². The minimum Gasteiger partial charge on any atom is -0.293 e. The molecule has 2 aromatic rings. The van der Waals surface area contributed by atoms with Crippen molar-refractivity contribution in [1.82, 2.24) is 9.88 Å². The van der Waals surface area contributed by atoms with Crippen LogP contribution in [0.25, 0.3) is 0 Å². The summed E-state index contributed by atoms with van der Waals surface area (Å²) in [5, 5.41) is 2.01. The maximum Gasteiger partial charge on any atom is 0.176 e. The zero-order valence-electron chi connectivity index (χ0n) is 10.6. The molecule has 3 nitrogen and oxygen atoms in total. The molecule has 1 heterocycles. The van der Waals surface area contributed by atoms with E-state index in [2.05, 4.69) is 4.98 Å². The highest BCUT2D eigenvalue weighted by Crippen LogP contribution is 2.08. The van der Waals surface area contributed by atoms with Crippen LogP contribution in [-0.2, 0) is 6.54 Å². The molecule has 4 heteroatoms. The lowest BCUT2D eigenvalue weighted by atomic mass is 10.1. The van der Waals surface area contributed by atoms with Gasteiger partial charge in [0, 0.05) is 17.5 Å². The Morgan fingerprint density at radius 2 is 2.28 bits per heavy atom. The summed E-state index contributed by atoms with van der Waals surface area (Å²) in [5.74, 6) is 0.149. The number of aromatic nitrogens is 1. The Hall–Kier alpha value is -1.52.